The lowest BCUT2D eigenvalue weighted by Gasteiger charge is -2.20. The Labute approximate surface area is 148 Å². The van der Waals surface area contributed by atoms with Crippen LogP contribution in [0.1, 0.15) is 16.6 Å². The quantitative estimate of drug-likeness (QED) is 0.765. The van der Waals surface area contributed by atoms with Crippen molar-refractivity contribution >= 4 is 34.8 Å². The molecule has 25 heavy (non-hydrogen) atoms. The molecule has 0 saturated heterocycles. The minimum absolute atomic E-state index is 0.327. The monoisotopic (exact) mass is 364 g/mol. The maximum Gasteiger partial charge on any atom is 0.325 e. The molecule has 0 unspecified atom stereocenters. The Balaban J connectivity index is 1.80. The zero-order valence-electron chi connectivity index (χ0n) is 13.5. The number of rotatable bonds is 7. The highest BCUT2D eigenvalue weighted by Gasteiger charge is 2.17. The number of carbonyl (C=O) groups excluding carboxylic acids is 3. The number of hydrogen-bond donors (Lipinski definition) is 1. The zero-order chi connectivity index (χ0) is 18.2. The minimum atomic E-state index is -0.714. The first-order valence-electron chi connectivity index (χ1n) is 7.54. The summed E-state index contributed by atoms with van der Waals surface area (Å²) in [4.78, 5) is 37.4. The molecule has 2 rings (SSSR count). The lowest BCUT2D eigenvalue weighted by Crippen LogP contribution is -2.36. The van der Waals surface area contributed by atoms with Crippen LogP contribution in [0.3, 0.4) is 0 Å². The molecule has 1 N–H and O–H groups in total. The van der Waals surface area contributed by atoms with Crippen LogP contribution in [0.5, 0.6) is 0 Å². The van der Waals surface area contributed by atoms with Gasteiger partial charge in [-0.3, -0.25) is 14.4 Å². The second-order valence-electron chi connectivity index (χ2n) is 4.94. The van der Waals surface area contributed by atoms with Gasteiger partial charge in [-0.1, -0.05) is 6.07 Å². The molecular formula is C17H17FN2O4S. The van der Waals surface area contributed by atoms with Gasteiger partial charge in [-0.05, 0) is 42.6 Å². The molecular weight excluding hydrogens is 347 g/mol. The first-order valence-corrected chi connectivity index (χ1v) is 8.42. The molecule has 0 atom stereocenters. The summed E-state index contributed by atoms with van der Waals surface area (Å²) in [6.07, 6.45) is 0. The van der Waals surface area contributed by atoms with E-state index in [2.05, 4.69) is 5.32 Å². The van der Waals surface area contributed by atoms with E-state index in [1.807, 2.05) is 0 Å². The van der Waals surface area contributed by atoms with Crippen molar-refractivity contribution in [1.29, 1.82) is 0 Å². The summed E-state index contributed by atoms with van der Waals surface area (Å²) in [5, 5.41) is 4.17. The van der Waals surface area contributed by atoms with Gasteiger partial charge in [-0.2, -0.15) is 0 Å². The van der Waals surface area contributed by atoms with Gasteiger partial charge in [0.15, 0.2) is 6.61 Å². The predicted molar refractivity (Wildman–Crippen MR) is 92.0 cm³/mol. The third-order valence-electron chi connectivity index (χ3n) is 3.25. The average molecular weight is 364 g/mol. The van der Waals surface area contributed by atoms with E-state index in [0.717, 1.165) is 0 Å². The Bertz CT molecular complexity index is 732. The summed E-state index contributed by atoms with van der Waals surface area (Å²) >= 11 is 1.25. The predicted octanol–water partition coefficient (Wildman–Crippen LogP) is 2.21. The standard InChI is InChI=1S/C17H17FN2O4S/c1-2-20(13-7-5-12(18)6-8-13)15(21)11-24-16(22)10-19-17(23)14-4-3-9-25-14/h3-9H,2,10-11H2,1H3,(H,19,23). The van der Waals surface area contributed by atoms with Crippen LogP contribution in [0.4, 0.5) is 10.1 Å². The highest BCUT2D eigenvalue weighted by Crippen LogP contribution is 2.15. The molecule has 0 bridgehead atoms. The number of amides is 2. The fourth-order valence-corrected chi connectivity index (χ4v) is 2.68. The number of nitrogens with zero attached hydrogens (tertiary/aromatic N) is 1. The lowest BCUT2D eigenvalue weighted by atomic mass is 10.2. The van der Waals surface area contributed by atoms with Gasteiger partial charge < -0.3 is 15.0 Å². The molecule has 2 aromatic rings. The van der Waals surface area contributed by atoms with E-state index >= 15 is 0 Å². The maximum absolute atomic E-state index is 13.0. The highest BCUT2D eigenvalue weighted by atomic mass is 32.1. The first-order chi connectivity index (χ1) is 12.0. The number of likely N-dealkylation sites (N-methyl/N-ethyl adjacent to an activating group) is 1. The molecule has 0 saturated carbocycles. The summed E-state index contributed by atoms with van der Waals surface area (Å²) in [6, 6.07) is 8.80. The van der Waals surface area contributed by atoms with E-state index in [1.54, 1.807) is 24.4 Å². The summed E-state index contributed by atoms with van der Waals surface area (Å²) in [5.74, 6) is -1.93. The Morgan fingerprint density at radius 2 is 1.92 bits per heavy atom. The Morgan fingerprint density at radius 3 is 2.52 bits per heavy atom. The molecule has 1 aromatic carbocycles. The van der Waals surface area contributed by atoms with Crippen molar-refractivity contribution in [3.8, 4) is 0 Å². The molecule has 0 aliphatic carbocycles. The van der Waals surface area contributed by atoms with E-state index < -0.39 is 24.3 Å². The second-order valence-corrected chi connectivity index (χ2v) is 5.88. The van der Waals surface area contributed by atoms with Gasteiger partial charge >= 0.3 is 5.97 Å². The van der Waals surface area contributed by atoms with E-state index in [-0.39, 0.29) is 12.5 Å². The van der Waals surface area contributed by atoms with E-state index in [9.17, 15) is 18.8 Å². The molecule has 0 radical (unpaired) electrons. The normalized spacial score (nSPS) is 10.2. The van der Waals surface area contributed by atoms with Crippen LogP contribution in [0.15, 0.2) is 41.8 Å². The molecule has 0 aliphatic rings. The maximum atomic E-state index is 13.0. The zero-order valence-corrected chi connectivity index (χ0v) is 14.3. The number of thiophene rings is 1. The Hall–Kier alpha value is -2.74. The Kier molecular flexibility index (Phi) is 6.64. The van der Waals surface area contributed by atoms with Crippen LogP contribution < -0.4 is 10.2 Å². The average Bonchev–Trinajstić information content (AvgIpc) is 3.15. The van der Waals surface area contributed by atoms with Crippen LogP contribution in [-0.2, 0) is 14.3 Å². The summed E-state index contributed by atoms with van der Waals surface area (Å²) < 4.78 is 17.8. The second kappa shape index (κ2) is 8.93. The van der Waals surface area contributed by atoms with Crippen molar-refractivity contribution in [1.82, 2.24) is 5.32 Å². The number of esters is 1. The molecule has 6 nitrogen and oxygen atoms in total. The number of anilines is 1. The van der Waals surface area contributed by atoms with Gasteiger partial charge in [0.1, 0.15) is 12.4 Å². The van der Waals surface area contributed by atoms with Crippen LogP contribution in [0.2, 0.25) is 0 Å². The van der Waals surface area contributed by atoms with Crippen molar-refractivity contribution in [2.45, 2.75) is 6.92 Å². The van der Waals surface area contributed by atoms with Gasteiger partial charge in [0.2, 0.25) is 0 Å². The Morgan fingerprint density at radius 1 is 1.20 bits per heavy atom. The number of benzene rings is 1. The number of carbonyl (C=O) groups is 3. The topological polar surface area (TPSA) is 75.7 Å². The number of ether oxygens (including phenoxy) is 1. The van der Waals surface area contributed by atoms with Crippen molar-refractivity contribution in [3.05, 3.63) is 52.5 Å². The van der Waals surface area contributed by atoms with Crippen molar-refractivity contribution in [2.24, 2.45) is 0 Å². The van der Waals surface area contributed by atoms with E-state index in [0.29, 0.717) is 17.1 Å². The molecule has 0 spiro atoms. The molecule has 2 amide bonds. The minimum Gasteiger partial charge on any atom is -0.454 e. The molecule has 1 aromatic heterocycles. The number of hydrogen-bond acceptors (Lipinski definition) is 5. The van der Waals surface area contributed by atoms with Gasteiger partial charge in [-0.25, -0.2) is 4.39 Å². The van der Waals surface area contributed by atoms with Gasteiger partial charge in [0, 0.05) is 12.2 Å². The summed E-state index contributed by atoms with van der Waals surface area (Å²) in [6.45, 7) is 1.31. The molecule has 0 aliphatic heterocycles. The van der Waals surface area contributed by atoms with Crippen LogP contribution in [-0.4, -0.2) is 37.5 Å². The number of halogens is 1. The van der Waals surface area contributed by atoms with Gasteiger partial charge in [0.05, 0.1) is 4.88 Å². The molecule has 0 fully saturated rings. The van der Waals surface area contributed by atoms with Crippen LogP contribution in [0.25, 0.3) is 0 Å². The third kappa shape index (κ3) is 5.39. The van der Waals surface area contributed by atoms with Crippen molar-refractivity contribution in [3.63, 3.8) is 0 Å². The number of nitrogens with one attached hydrogen (secondary N) is 1. The van der Waals surface area contributed by atoms with Crippen molar-refractivity contribution < 1.29 is 23.5 Å². The largest absolute Gasteiger partial charge is 0.454 e. The fourth-order valence-electron chi connectivity index (χ4n) is 2.04. The summed E-state index contributed by atoms with van der Waals surface area (Å²) in [5.41, 5.74) is 0.510. The third-order valence-corrected chi connectivity index (χ3v) is 4.12. The highest BCUT2D eigenvalue weighted by molar-refractivity contribution is 7.12. The van der Waals surface area contributed by atoms with Crippen molar-refractivity contribution in [2.75, 3.05) is 24.6 Å². The smallest absolute Gasteiger partial charge is 0.325 e. The molecule has 1 heterocycles. The van der Waals surface area contributed by atoms with Gasteiger partial charge in [-0.15, -0.1) is 11.3 Å². The van der Waals surface area contributed by atoms with E-state index in [1.165, 1.54) is 40.5 Å². The fraction of sp³-hybridized carbons (Fsp3) is 0.235. The molecule has 8 heteroatoms. The van der Waals surface area contributed by atoms with E-state index in [4.69, 9.17) is 4.74 Å². The van der Waals surface area contributed by atoms with Crippen LogP contribution in [0, 0.1) is 5.82 Å². The van der Waals surface area contributed by atoms with Gasteiger partial charge in [0.25, 0.3) is 11.8 Å². The lowest BCUT2D eigenvalue weighted by molar-refractivity contribution is -0.146. The summed E-state index contributed by atoms with van der Waals surface area (Å²) in [7, 11) is 0. The molecule has 132 valence electrons. The first kappa shape index (κ1) is 18.6. The SMILES string of the molecule is CCN(C(=O)COC(=O)CNC(=O)c1cccs1)c1ccc(F)cc1. The van der Waals surface area contributed by atoms with Crippen LogP contribution >= 0.6 is 11.3 Å².